The molecule has 1 aliphatic heterocycles. The summed E-state index contributed by atoms with van der Waals surface area (Å²) in [4.78, 5) is 23.1. The van der Waals surface area contributed by atoms with Gasteiger partial charge >= 0.3 is 6.18 Å². The van der Waals surface area contributed by atoms with E-state index in [-0.39, 0.29) is 23.3 Å². The number of amides is 1. The average Bonchev–Trinajstić information content (AvgIpc) is 3.30. The van der Waals surface area contributed by atoms with Gasteiger partial charge in [0.2, 0.25) is 5.91 Å². The molecule has 1 atom stereocenters. The fraction of sp³-hybridized carbons (Fsp3) is 0.500. The van der Waals surface area contributed by atoms with Crippen LogP contribution in [0.5, 0.6) is 0 Å². The Labute approximate surface area is 171 Å². The Hall–Kier alpha value is -2.91. The number of hydrogen-bond donors (Lipinski definition) is 0. The summed E-state index contributed by atoms with van der Waals surface area (Å²) in [5.74, 6) is 0.796. The van der Waals surface area contributed by atoms with Crippen molar-refractivity contribution >= 4 is 11.6 Å². The van der Waals surface area contributed by atoms with E-state index < -0.39 is 11.9 Å². The van der Waals surface area contributed by atoms with Gasteiger partial charge in [-0.15, -0.1) is 0 Å². The number of alkyl halides is 3. The number of likely N-dealkylation sites (tertiary alicyclic amines) is 1. The molecular formula is C20H23F3N6O. The quantitative estimate of drug-likeness (QED) is 0.645. The van der Waals surface area contributed by atoms with Crippen LogP contribution < -0.4 is 0 Å². The summed E-state index contributed by atoms with van der Waals surface area (Å²) in [6.45, 7) is 4.48. The molecule has 0 saturated carbocycles. The molecule has 3 aromatic rings. The third-order valence-corrected chi connectivity index (χ3v) is 5.52. The number of imidazole rings is 1. The zero-order valence-electron chi connectivity index (χ0n) is 16.9. The van der Waals surface area contributed by atoms with Gasteiger partial charge in [0.15, 0.2) is 5.65 Å². The first-order valence-electron chi connectivity index (χ1n) is 9.96. The highest BCUT2D eigenvalue weighted by molar-refractivity contribution is 5.76. The lowest BCUT2D eigenvalue weighted by Crippen LogP contribution is -2.39. The van der Waals surface area contributed by atoms with Gasteiger partial charge in [0.05, 0.1) is 11.7 Å². The van der Waals surface area contributed by atoms with E-state index in [0.717, 1.165) is 29.2 Å². The SMILES string of the molecule is Cc1cc(C(F)(F)F)n2nc([C@H]3CCCCN3C(=O)CCn3ccnc3C)cc2n1. The number of nitrogens with zero attached hydrogens (tertiary/aromatic N) is 6. The van der Waals surface area contributed by atoms with E-state index in [1.54, 1.807) is 17.2 Å². The Bertz CT molecular complexity index is 1070. The van der Waals surface area contributed by atoms with Gasteiger partial charge < -0.3 is 9.47 Å². The number of hydrogen-bond acceptors (Lipinski definition) is 4. The molecule has 1 amide bonds. The zero-order valence-corrected chi connectivity index (χ0v) is 16.9. The van der Waals surface area contributed by atoms with Crippen molar-refractivity contribution in [3.63, 3.8) is 0 Å². The number of piperidine rings is 1. The molecule has 0 spiro atoms. The summed E-state index contributed by atoms with van der Waals surface area (Å²) >= 11 is 0. The Morgan fingerprint density at radius 3 is 2.73 bits per heavy atom. The van der Waals surface area contributed by atoms with E-state index in [4.69, 9.17) is 0 Å². The summed E-state index contributed by atoms with van der Waals surface area (Å²) in [5, 5.41) is 4.23. The van der Waals surface area contributed by atoms with Crippen molar-refractivity contribution in [2.45, 2.75) is 58.3 Å². The van der Waals surface area contributed by atoms with Crippen molar-refractivity contribution in [1.82, 2.24) is 29.0 Å². The second-order valence-corrected chi connectivity index (χ2v) is 7.64. The molecule has 7 nitrogen and oxygen atoms in total. The van der Waals surface area contributed by atoms with Crippen LogP contribution in [0, 0.1) is 13.8 Å². The Morgan fingerprint density at radius 2 is 2.03 bits per heavy atom. The van der Waals surface area contributed by atoms with Gasteiger partial charge in [-0.2, -0.15) is 18.3 Å². The highest BCUT2D eigenvalue weighted by Crippen LogP contribution is 2.34. The van der Waals surface area contributed by atoms with Crippen LogP contribution in [0.3, 0.4) is 0 Å². The number of aromatic nitrogens is 5. The summed E-state index contributed by atoms with van der Waals surface area (Å²) in [7, 11) is 0. The van der Waals surface area contributed by atoms with Crippen LogP contribution in [0.2, 0.25) is 0 Å². The number of halogens is 3. The molecular weight excluding hydrogens is 397 g/mol. The monoisotopic (exact) mass is 420 g/mol. The van der Waals surface area contributed by atoms with Crippen LogP contribution >= 0.6 is 0 Å². The predicted molar refractivity (Wildman–Crippen MR) is 103 cm³/mol. The Kier molecular flexibility index (Phi) is 5.25. The van der Waals surface area contributed by atoms with Crippen molar-refractivity contribution in [3.05, 3.63) is 47.4 Å². The van der Waals surface area contributed by atoms with E-state index >= 15 is 0 Å². The van der Waals surface area contributed by atoms with E-state index in [2.05, 4.69) is 15.1 Å². The van der Waals surface area contributed by atoms with Gasteiger partial charge in [-0.05, 0) is 39.2 Å². The summed E-state index contributed by atoms with van der Waals surface area (Å²) < 4.78 is 43.1. The highest BCUT2D eigenvalue weighted by Gasteiger charge is 2.36. The molecule has 0 aromatic carbocycles. The smallest absolute Gasteiger partial charge is 0.335 e. The van der Waals surface area contributed by atoms with Gasteiger partial charge in [-0.3, -0.25) is 4.79 Å². The third kappa shape index (κ3) is 3.90. The van der Waals surface area contributed by atoms with Crippen LogP contribution in [0.25, 0.3) is 5.65 Å². The van der Waals surface area contributed by atoms with E-state index in [9.17, 15) is 18.0 Å². The molecule has 0 unspecified atom stereocenters. The standard InChI is InChI=1S/C20H23F3N6O/c1-13-11-17(20(21,22)23)29-18(25-13)12-15(26-29)16-5-3-4-8-28(16)19(30)6-9-27-10-7-24-14(27)2/h7,10-12,16H,3-6,8-9H2,1-2H3/t16-/m1/s1. The number of aryl methyl sites for hydroxylation is 3. The fourth-order valence-corrected chi connectivity index (χ4v) is 4.02. The predicted octanol–water partition coefficient (Wildman–Crippen LogP) is 3.71. The molecule has 0 aliphatic carbocycles. The van der Waals surface area contributed by atoms with Crippen molar-refractivity contribution < 1.29 is 18.0 Å². The first-order valence-corrected chi connectivity index (χ1v) is 9.96. The van der Waals surface area contributed by atoms with Crippen LogP contribution in [0.1, 0.15) is 54.6 Å². The molecule has 1 saturated heterocycles. The first-order chi connectivity index (χ1) is 14.2. The topological polar surface area (TPSA) is 68.3 Å². The lowest BCUT2D eigenvalue weighted by Gasteiger charge is -2.35. The maximum Gasteiger partial charge on any atom is 0.433 e. The van der Waals surface area contributed by atoms with Gasteiger partial charge in [0, 0.05) is 43.7 Å². The molecule has 4 rings (SSSR count). The highest BCUT2D eigenvalue weighted by atomic mass is 19.4. The molecule has 4 heterocycles. The molecule has 3 aromatic heterocycles. The molecule has 1 aliphatic rings. The van der Waals surface area contributed by atoms with E-state index in [1.807, 2.05) is 17.7 Å². The number of fused-ring (bicyclic) bond motifs is 1. The molecule has 1 fully saturated rings. The minimum Gasteiger partial charge on any atom is -0.335 e. The van der Waals surface area contributed by atoms with Crippen LogP contribution in [0.15, 0.2) is 24.5 Å². The summed E-state index contributed by atoms with van der Waals surface area (Å²) in [6, 6.07) is 2.21. The Morgan fingerprint density at radius 1 is 1.23 bits per heavy atom. The molecule has 160 valence electrons. The minimum absolute atomic E-state index is 0.0370. The van der Waals surface area contributed by atoms with E-state index in [0.29, 0.717) is 31.6 Å². The van der Waals surface area contributed by atoms with Gasteiger partial charge in [-0.1, -0.05) is 0 Å². The van der Waals surface area contributed by atoms with Gasteiger partial charge in [0.25, 0.3) is 0 Å². The van der Waals surface area contributed by atoms with Crippen molar-refractivity contribution in [2.24, 2.45) is 0 Å². The second kappa shape index (κ2) is 7.73. The van der Waals surface area contributed by atoms with Crippen LogP contribution in [-0.4, -0.2) is 41.5 Å². The van der Waals surface area contributed by atoms with E-state index in [1.165, 1.54) is 6.92 Å². The van der Waals surface area contributed by atoms with Gasteiger partial charge in [-0.25, -0.2) is 14.5 Å². The molecule has 0 radical (unpaired) electrons. The van der Waals surface area contributed by atoms with Crippen molar-refractivity contribution in [1.29, 1.82) is 0 Å². The largest absolute Gasteiger partial charge is 0.433 e. The number of carbonyl (C=O) groups is 1. The van der Waals surface area contributed by atoms with Crippen LogP contribution in [0.4, 0.5) is 13.2 Å². The minimum atomic E-state index is -4.54. The molecule has 0 bridgehead atoms. The summed E-state index contributed by atoms with van der Waals surface area (Å²) in [6.07, 6.45) is 1.69. The van der Waals surface area contributed by atoms with Crippen LogP contribution in [-0.2, 0) is 17.5 Å². The second-order valence-electron chi connectivity index (χ2n) is 7.64. The summed E-state index contributed by atoms with van der Waals surface area (Å²) in [5.41, 5.74) is 0.00358. The average molecular weight is 420 g/mol. The number of carbonyl (C=O) groups excluding carboxylic acids is 1. The normalized spacial score (nSPS) is 17.6. The first kappa shape index (κ1) is 20.4. The fourth-order valence-electron chi connectivity index (χ4n) is 4.02. The van der Waals surface area contributed by atoms with Gasteiger partial charge in [0.1, 0.15) is 11.5 Å². The lowest BCUT2D eigenvalue weighted by molar-refractivity contribution is -0.143. The van der Waals surface area contributed by atoms with Crippen molar-refractivity contribution in [2.75, 3.05) is 6.54 Å². The van der Waals surface area contributed by atoms with Crippen molar-refractivity contribution in [3.8, 4) is 0 Å². The molecule has 0 N–H and O–H groups in total. The maximum atomic E-state index is 13.5. The Balaban J connectivity index is 1.61. The maximum absolute atomic E-state index is 13.5. The molecule has 10 heteroatoms. The molecule has 30 heavy (non-hydrogen) atoms. The number of rotatable bonds is 4. The zero-order chi connectivity index (χ0) is 21.5. The third-order valence-electron chi connectivity index (χ3n) is 5.52. The lowest BCUT2D eigenvalue weighted by atomic mass is 9.99.